The summed E-state index contributed by atoms with van der Waals surface area (Å²) in [5.41, 5.74) is 0. The number of carbonyl (C=O) groups excluding carboxylic acids is 1. The molecule has 5 nitrogen and oxygen atoms in total. The smallest absolute Gasteiger partial charge is 0.326 e. The van der Waals surface area contributed by atoms with Crippen molar-refractivity contribution in [2.24, 2.45) is 5.92 Å². The fourth-order valence-corrected chi connectivity index (χ4v) is 2.44. The predicted octanol–water partition coefficient (Wildman–Crippen LogP) is 0.842. The normalized spacial score (nSPS) is 21.8. The van der Waals surface area contributed by atoms with Gasteiger partial charge in [0.2, 0.25) is 5.91 Å². The molecule has 0 aromatic rings. The number of nitrogens with zero attached hydrogens (tertiary/aromatic N) is 1. The number of hydrogen-bond donors (Lipinski definition) is 2. The third kappa shape index (κ3) is 4.29. The molecular weight excluding hydrogens is 232 g/mol. The molecule has 0 aromatic carbocycles. The Labute approximate surface area is 108 Å². The van der Waals surface area contributed by atoms with Crippen LogP contribution >= 0.6 is 0 Å². The number of likely N-dealkylation sites (tertiary alicyclic amines) is 1. The molecule has 1 aliphatic heterocycles. The molecule has 5 heteroatoms. The lowest BCUT2D eigenvalue weighted by Crippen LogP contribution is -2.42. The molecule has 2 aliphatic rings. The maximum Gasteiger partial charge on any atom is 0.326 e. The zero-order chi connectivity index (χ0) is 13.0. The molecular formula is C13H22N2O3. The van der Waals surface area contributed by atoms with E-state index < -0.39 is 12.0 Å². The van der Waals surface area contributed by atoms with Gasteiger partial charge < -0.3 is 15.3 Å². The minimum Gasteiger partial charge on any atom is -0.480 e. The lowest BCUT2D eigenvalue weighted by molar-refractivity contribution is -0.142. The van der Waals surface area contributed by atoms with Crippen LogP contribution in [0.25, 0.3) is 0 Å². The summed E-state index contributed by atoms with van der Waals surface area (Å²) in [6, 6.07) is -0.691. The molecule has 0 aromatic heterocycles. The number of hydrogen-bond acceptors (Lipinski definition) is 3. The molecule has 1 unspecified atom stereocenters. The van der Waals surface area contributed by atoms with Crippen LogP contribution in [-0.2, 0) is 9.59 Å². The van der Waals surface area contributed by atoms with Gasteiger partial charge in [0, 0.05) is 13.0 Å². The van der Waals surface area contributed by atoms with E-state index in [1.807, 2.05) is 0 Å². The van der Waals surface area contributed by atoms with Crippen LogP contribution in [-0.4, -0.2) is 47.6 Å². The Hall–Kier alpha value is -1.10. The molecule has 1 aliphatic carbocycles. The fraction of sp³-hybridized carbons (Fsp3) is 0.846. The highest BCUT2D eigenvalue weighted by molar-refractivity contribution is 5.83. The van der Waals surface area contributed by atoms with Crippen LogP contribution in [0.5, 0.6) is 0 Å². The second-order valence-corrected chi connectivity index (χ2v) is 5.44. The third-order valence-corrected chi connectivity index (χ3v) is 3.75. The van der Waals surface area contributed by atoms with Crippen molar-refractivity contribution in [1.29, 1.82) is 0 Å². The van der Waals surface area contributed by atoms with Gasteiger partial charge in [0.1, 0.15) is 6.04 Å². The van der Waals surface area contributed by atoms with Gasteiger partial charge in [0.05, 0.1) is 0 Å². The number of carboxylic acid groups (broad SMARTS) is 1. The zero-order valence-electron chi connectivity index (χ0n) is 10.7. The Morgan fingerprint density at radius 3 is 2.50 bits per heavy atom. The summed E-state index contributed by atoms with van der Waals surface area (Å²) in [5, 5.41) is 11.7. The molecule has 0 radical (unpaired) electrons. The standard InChI is InChI=1S/C13H22N2O3/c16-12(5-8-15-6-1-2-7-15)14-11(13(17)18)9-10-3-4-10/h10-11H,1-9H2,(H,14,16)(H,17,18). The number of carboxylic acids is 1. The van der Waals surface area contributed by atoms with Crippen molar-refractivity contribution < 1.29 is 14.7 Å². The van der Waals surface area contributed by atoms with Crippen molar-refractivity contribution in [3.05, 3.63) is 0 Å². The third-order valence-electron chi connectivity index (χ3n) is 3.75. The minimum absolute atomic E-state index is 0.130. The van der Waals surface area contributed by atoms with Gasteiger partial charge in [-0.2, -0.15) is 0 Å². The minimum atomic E-state index is -0.906. The Morgan fingerprint density at radius 1 is 1.28 bits per heavy atom. The topological polar surface area (TPSA) is 69.6 Å². The van der Waals surface area contributed by atoms with Gasteiger partial charge in [-0.05, 0) is 38.3 Å². The number of rotatable bonds is 7. The first-order valence-corrected chi connectivity index (χ1v) is 6.89. The molecule has 1 amide bonds. The van der Waals surface area contributed by atoms with Gasteiger partial charge in [0.25, 0.3) is 0 Å². The van der Waals surface area contributed by atoms with Crippen molar-refractivity contribution in [3.8, 4) is 0 Å². The van der Waals surface area contributed by atoms with Crippen LogP contribution < -0.4 is 5.32 Å². The Bertz CT molecular complexity index is 309. The van der Waals surface area contributed by atoms with E-state index in [1.165, 1.54) is 12.8 Å². The van der Waals surface area contributed by atoms with E-state index in [-0.39, 0.29) is 5.91 Å². The summed E-state index contributed by atoms with van der Waals surface area (Å²) in [6.45, 7) is 2.89. The first-order valence-electron chi connectivity index (χ1n) is 6.89. The molecule has 2 rings (SSSR count). The van der Waals surface area contributed by atoms with E-state index in [0.29, 0.717) is 18.8 Å². The largest absolute Gasteiger partial charge is 0.480 e. The summed E-state index contributed by atoms with van der Waals surface area (Å²) >= 11 is 0. The lowest BCUT2D eigenvalue weighted by Gasteiger charge is -2.17. The summed E-state index contributed by atoms with van der Waals surface area (Å²) in [7, 11) is 0. The van der Waals surface area contributed by atoms with Crippen LogP contribution in [0.3, 0.4) is 0 Å². The van der Waals surface area contributed by atoms with E-state index >= 15 is 0 Å². The predicted molar refractivity (Wildman–Crippen MR) is 67.2 cm³/mol. The van der Waals surface area contributed by atoms with Crippen molar-refractivity contribution >= 4 is 11.9 Å². The second kappa shape index (κ2) is 6.18. The first-order chi connectivity index (χ1) is 8.65. The molecule has 2 N–H and O–H groups in total. The Balaban J connectivity index is 1.68. The first kappa shape index (κ1) is 13.3. The van der Waals surface area contributed by atoms with Gasteiger partial charge in [-0.3, -0.25) is 4.79 Å². The monoisotopic (exact) mass is 254 g/mol. The molecule has 1 heterocycles. The van der Waals surface area contributed by atoms with E-state index in [9.17, 15) is 9.59 Å². The van der Waals surface area contributed by atoms with Crippen molar-refractivity contribution in [2.45, 2.75) is 44.6 Å². The Kier molecular flexibility index (Phi) is 4.58. The molecule has 1 atom stereocenters. The van der Waals surface area contributed by atoms with E-state index in [2.05, 4.69) is 10.2 Å². The van der Waals surface area contributed by atoms with E-state index in [4.69, 9.17) is 5.11 Å². The number of carbonyl (C=O) groups is 2. The fourth-order valence-electron chi connectivity index (χ4n) is 2.44. The molecule has 0 bridgehead atoms. The molecule has 0 spiro atoms. The quantitative estimate of drug-likeness (QED) is 0.706. The summed E-state index contributed by atoms with van der Waals surface area (Å²) in [6.07, 6.45) is 5.63. The summed E-state index contributed by atoms with van der Waals surface area (Å²) in [5.74, 6) is -0.531. The van der Waals surface area contributed by atoms with Gasteiger partial charge in [-0.1, -0.05) is 12.8 Å². The molecule has 1 saturated carbocycles. The average Bonchev–Trinajstić information content (AvgIpc) is 2.99. The van der Waals surface area contributed by atoms with Crippen LogP contribution in [0.4, 0.5) is 0 Å². The highest BCUT2D eigenvalue weighted by atomic mass is 16.4. The van der Waals surface area contributed by atoms with E-state index in [1.54, 1.807) is 0 Å². The molecule has 102 valence electrons. The van der Waals surface area contributed by atoms with Gasteiger partial charge in [-0.25, -0.2) is 4.79 Å². The summed E-state index contributed by atoms with van der Waals surface area (Å²) < 4.78 is 0. The second-order valence-electron chi connectivity index (χ2n) is 5.44. The van der Waals surface area contributed by atoms with Gasteiger partial charge in [-0.15, -0.1) is 0 Å². The number of nitrogens with one attached hydrogen (secondary N) is 1. The van der Waals surface area contributed by atoms with E-state index in [0.717, 1.165) is 32.5 Å². The zero-order valence-corrected chi connectivity index (χ0v) is 10.7. The van der Waals surface area contributed by atoms with Crippen LogP contribution in [0.15, 0.2) is 0 Å². The van der Waals surface area contributed by atoms with Crippen LogP contribution in [0, 0.1) is 5.92 Å². The number of aliphatic carboxylic acids is 1. The maximum absolute atomic E-state index is 11.7. The average molecular weight is 254 g/mol. The lowest BCUT2D eigenvalue weighted by atomic mass is 10.1. The van der Waals surface area contributed by atoms with Crippen molar-refractivity contribution in [3.63, 3.8) is 0 Å². The number of amides is 1. The SMILES string of the molecule is O=C(CCN1CCCC1)NC(CC1CC1)C(=O)O. The molecule has 2 fully saturated rings. The maximum atomic E-state index is 11.7. The summed E-state index contributed by atoms with van der Waals surface area (Å²) in [4.78, 5) is 25.0. The van der Waals surface area contributed by atoms with Crippen molar-refractivity contribution in [2.75, 3.05) is 19.6 Å². The van der Waals surface area contributed by atoms with Gasteiger partial charge >= 0.3 is 5.97 Å². The van der Waals surface area contributed by atoms with Crippen molar-refractivity contribution in [1.82, 2.24) is 10.2 Å². The molecule has 18 heavy (non-hydrogen) atoms. The Morgan fingerprint density at radius 2 is 1.94 bits per heavy atom. The van der Waals surface area contributed by atoms with Gasteiger partial charge in [0.15, 0.2) is 0 Å². The van der Waals surface area contributed by atoms with Crippen LogP contribution in [0.1, 0.15) is 38.5 Å². The van der Waals surface area contributed by atoms with Crippen LogP contribution in [0.2, 0.25) is 0 Å². The highest BCUT2D eigenvalue weighted by Gasteiger charge is 2.30. The highest BCUT2D eigenvalue weighted by Crippen LogP contribution is 2.33. The molecule has 1 saturated heterocycles.